The summed E-state index contributed by atoms with van der Waals surface area (Å²) in [5, 5.41) is 2.42. The minimum atomic E-state index is -0.562. The molecule has 12 heavy (non-hydrogen) atoms. The van der Waals surface area contributed by atoms with E-state index in [2.05, 4.69) is 10.1 Å². The lowest BCUT2D eigenvalue weighted by Gasteiger charge is -2.13. The number of hydrogen-bond acceptors (Lipinski definition) is 3. The predicted molar refractivity (Wildman–Crippen MR) is 44.8 cm³/mol. The molecule has 0 aromatic rings. The standard InChI is InChI=1S/C8H15NO3/c1-6(2)4-7(5-10)9-8(11)12-3/h5-7H,4H2,1-3H3,(H,9,11). The Hall–Kier alpha value is -1.06. The van der Waals surface area contributed by atoms with Crippen LogP contribution in [0, 0.1) is 5.92 Å². The summed E-state index contributed by atoms with van der Waals surface area (Å²) in [5.74, 6) is 0.373. The van der Waals surface area contributed by atoms with Gasteiger partial charge in [0.2, 0.25) is 0 Å². The highest BCUT2D eigenvalue weighted by atomic mass is 16.5. The predicted octanol–water partition coefficient (Wildman–Crippen LogP) is 0.956. The Morgan fingerprint density at radius 1 is 1.58 bits per heavy atom. The van der Waals surface area contributed by atoms with Crippen LogP contribution in [0.15, 0.2) is 0 Å². The fourth-order valence-electron chi connectivity index (χ4n) is 0.867. The number of ether oxygens (including phenoxy) is 1. The third kappa shape index (κ3) is 4.71. The van der Waals surface area contributed by atoms with Gasteiger partial charge in [-0.2, -0.15) is 0 Å². The fourth-order valence-corrected chi connectivity index (χ4v) is 0.867. The van der Waals surface area contributed by atoms with Crippen LogP contribution < -0.4 is 5.32 Å². The van der Waals surface area contributed by atoms with Crippen molar-refractivity contribution < 1.29 is 14.3 Å². The highest BCUT2D eigenvalue weighted by Crippen LogP contribution is 2.02. The number of alkyl carbamates (subject to hydrolysis) is 1. The van der Waals surface area contributed by atoms with E-state index in [1.165, 1.54) is 7.11 Å². The molecule has 0 bridgehead atoms. The third-order valence-electron chi connectivity index (χ3n) is 1.38. The molecule has 1 atom stereocenters. The van der Waals surface area contributed by atoms with Crippen molar-refractivity contribution in [3.8, 4) is 0 Å². The molecule has 0 saturated carbocycles. The molecule has 0 fully saturated rings. The van der Waals surface area contributed by atoms with Crippen LogP contribution in [0.1, 0.15) is 20.3 Å². The molecule has 1 amide bonds. The first-order chi connectivity index (χ1) is 5.60. The molecule has 1 N–H and O–H groups in total. The Balaban J connectivity index is 3.82. The zero-order valence-corrected chi connectivity index (χ0v) is 7.66. The largest absolute Gasteiger partial charge is 0.453 e. The lowest BCUT2D eigenvalue weighted by Crippen LogP contribution is -2.36. The molecule has 0 heterocycles. The summed E-state index contributed by atoms with van der Waals surface area (Å²) in [6, 6.07) is -0.433. The van der Waals surface area contributed by atoms with Crippen LogP contribution in [0.5, 0.6) is 0 Å². The van der Waals surface area contributed by atoms with Crippen LogP contribution in [0.2, 0.25) is 0 Å². The second kappa shape index (κ2) is 5.57. The Labute approximate surface area is 72.3 Å². The Morgan fingerprint density at radius 2 is 2.17 bits per heavy atom. The van der Waals surface area contributed by atoms with Gasteiger partial charge in [-0.1, -0.05) is 13.8 Å². The SMILES string of the molecule is COC(=O)NC(C=O)CC(C)C. The van der Waals surface area contributed by atoms with Gasteiger partial charge in [-0.3, -0.25) is 0 Å². The van der Waals surface area contributed by atoms with E-state index in [-0.39, 0.29) is 0 Å². The Morgan fingerprint density at radius 3 is 2.50 bits per heavy atom. The van der Waals surface area contributed by atoms with Gasteiger partial charge < -0.3 is 14.8 Å². The first-order valence-electron chi connectivity index (χ1n) is 3.90. The molecule has 1 unspecified atom stereocenters. The average Bonchev–Trinajstić information content (AvgIpc) is 2.02. The van der Waals surface area contributed by atoms with Crippen LogP contribution in [0.4, 0.5) is 4.79 Å². The zero-order valence-electron chi connectivity index (χ0n) is 7.66. The minimum Gasteiger partial charge on any atom is -0.453 e. The van der Waals surface area contributed by atoms with Crippen LogP contribution in [-0.4, -0.2) is 25.5 Å². The highest BCUT2D eigenvalue weighted by Gasteiger charge is 2.12. The molecular formula is C8H15NO3. The van der Waals surface area contributed by atoms with Crippen molar-refractivity contribution in [2.75, 3.05) is 7.11 Å². The number of amides is 1. The monoisotopic (exact) mass is 173 g/mol. The molecule has 4 nitrogen and oxygen atoms in total. The van der Waals surface area contributed by atoms with Crippen molar-refractivity contribution >= 4 is 12.4 Å². The molecule has 0 saturated heterocycles. The van der Waals surface area contributed by atoms with E-state index in [1.54, 1.807) is 0 Å². The summed E-state index contributed by atoms with van der Waals surface area (Å²) in [6.45, 7) is 3.96. The number of carbonyl (C=O) groups is 2. The van der Waals surface area contributed by atoms with Crippen LogP contribution in [0.3, 0.4) is 0 Å². The highest BCUT2D eigenvalue weighted by molar-refractivity contribution is 5.72. The van der Waals surface area contributed by atoms with Gasteiger partial charge in [-0.25, -0.2) is 4.79 Å². The molecule has 0 rings (SSSR count). The maximum absolute atomic E-state index is 10.7. The van der Waals surface area contributed by atoms with Crippen molar-refractivity contribution in [2.45, 2.75) is 26.3 Å². The molecule has 0 aliphatic heterocycles. The lowest BCUT2D eigenvalue weighted by molar-refractivity contribution is -0.109. The minimum absolute atomic E-state index is 0.373. The number of carbonyl (C=O) groups excluding carboxylic acids is 2. The summed E-state index contributed by atoms with van der Waals surface area (Å²) in [7, 11) is 1.27. The van der Waals surface area contributed by atoms with Gasteiger partial charge in [0.05, 0.1) is 13.2 Å². The Kier molecular flexibility index (Phi) is 5.08. The smallest absolute Gasteiger partial charge is 0.407 e. The quantitative estimate of drug-likeness (QED) is 0.644. The van der Waals surface area contributed by atoms with E-state index in [4.69, 9.17) is 0 Å². The second-order valence-electron chi connectivity index (χ2n) is 3.01. The molecule has 0 aromatic heterocycles. The number of nitrogens with one attached hydrogen (secondary N) is 1. The maximum Gasteiger partial charge on any atom is 0.407 e. The van der Waals surface area contributed by atoms with Crippen LogP contribution >= 0.6 is 0 Å². The summed E-state index contributed by atoms with van der Waals surface area (Å²) in [6.07, 6.45) is 0.794. The normalized spacial score (nSPS) is 12.3. The van der Waals surface area contributed by atoms with E-state index in [0.29, 0.717) is 12.3 Å². The first-order valence-corrected chi connectivity index (χ1v) is 3.90. The van der Waals surface area contributed by atoms with Crippen molar-refractivity contribution in [3.63, 3.8) is 0 Å². The summed E-state index contributed by atoms with van der Waals surface area (Å²) in [5.41, 5.74) is 0. The van der Waals surface area contributed by atoms with Gasteiger partial charge in [0.15, 0.2) is 0 Å². The number of aldehydes is 1. The van der Waals surface area contributed by atoms with Crippen LogP contribution in [-0.2, 0) is 9.53 Å². The summed E-state index contributed by atoms with van der Waals surface area (Å²) >= 11 is 0. The van der Waals surface area contributed by atoms with Crippen molar-refractivity contribution in [1.29, 1.82) is 0 Å². The van der Waals surface area contributed by atoms with Gasteiger partial charge in [0.25, 0.3) is 0 Å². The molecular weight excluding hydrogens is 158 g/mol. The molecule has 0 spiro atoms. The van der Waals surface area contributed by atoms with Crippen molar-refractivity contribution in [3.05, 3.63) is 0 Å². The van der Waals surface area contributed by atoms with E-state index in [9.17, 15) is 9.59 Å². The number of methoxy groups -OCH3 is 1. The Bertz CT molecular complexity index is 156. The summed E-state index contributed by atoms with van der Waals surface area (Å²) < 4.78 is 4.36. The van der Waals surface area contributed by atoms with Gasteiger partial charge in [0.1, 0.15) is 6.29 Å². The van der Waals surface area contributed by atoms with Gasteiger partial charge in [-0.05, 0) is 12.3 Å². The van der Waals surface area contributed by atoms with Crippen molar-refractivity contribution in [2.24, 2.45) is 5.92 Å². The molecule has 0 aromatic carbocycles. The number of rotatable bonds is 4. The van der Waals surface area contributed by atoms with Crippen LogP contribution in [0.25, 0.3) is 0 Å². The second-order valence-corrected chi connectivity index (χ2v) is 3.01. The molecule has 70 valence electrons. The molecule has 0 aliphatic rings. The average molecular weight is 173 g/mol. The fraction of sp³-hybridized carbons (Fsp3) is 0.750. The van der Waals surface area contributed by atoms with E-state index < -0.39 is 12.1 Å². The third-order valence-corrected chi connectivity index (χ3v) is 1.38. The van der Waals surface area contributed by atoms with Crippen molar-refractivity contribution in [1.82, 2.24) is 5.32 Å². The van der Waals surface area contributed by atoms with E-state index in [0.717, 1.165) is 6.29 Å². The number of hydrogen-bond donors (Lipinski definition) is 1. The topological polar surface area (TPSA) is 55.4 Å². The van der Waals surface area contributed by atoms with E-state index in [1.807, 2.05) is 13.8 Å². The van der Waals surface area contributed by atoms with Gasteiger partial charge in [-0.15, -0.1) is 0 Å². The first kappa shape index (κ1) is 10.9. The molecule has 0 aliphatic carbocycles. The van der Waals surface area contributed by atoms with Gasteiger partial charge >= 0.3 is 6.09 Å². The van der Waals surface area contributed by atoms with Gasteiger partial charge in [0, 0.05) is 0 Å². The zero-order chi connectivity index (χ0) is 9.56. The lowest BCUT2D eigenvalue weighted by atomic mass is 10.1. The molecule has 0 radical (unpaired) electrons. The van der Waals surface area contributed by atoms with E-state index >= 15 is 0 Å². The summed E-state index contributed by atoms with van der Waals surface area (Å²) in [4.78, 5) is 21.1. The maximum atomic E-state index is 10.7. The molecule has 4 heteroatoms.